The van der Waals surface area contributed by atoms with Gasteiger partial charge in [0.2, 0.25) is 17.7 Å². The van der Waals surface area contributed by atoms with Crippen LogP contribution in [-0.4, -0.2) is 42.3 Å². The van der Waals surface area contributed by atoms with E-state index in [2.05, 4.69) is 10.2 Å². The lowest BCUT2D eigenvalue weighted by Gasteiger charge is -2.12. The SMILES string of the molecule is COc1ccc(/C=C/C(=O)N(C)Cc2nnc(-c3ccccc3)o2)cc1OC. The van der Waals surface area contributed by atoms with Gasteiger partial charge in [-0.3, -0.25) is 4.79 Å². The molecule has 0 spiro atoms. The lowest BCUT2D eigenvalue weighted by molar-refractivity contribution is -0.125. The number of rotatable bonds is 7. The number of amides is 1. The van der Waals surface area contributed by atoms with Crippen molar-refractivity contribution >= 4 is 12.0 Å². The largest absolute Gasteiger partial charge is 0.493 e. The number of hydrogen-bond acceptors (Lipinski definition) is 6. The Bertz CT molecular complexity index is 967. The summed E-state index contributed by atoms with van der Waals surface area (Å²) in [4.78, 5) is 13.9. The van der Waals surface area contributed by atoms with E-state index in [4.69, 9.17) is 13.9 Å². The number of carbonyl (C=O) groups is 1. The third-order valence-corrected chi connectivity index (χ3v) is 4.06. The molecule has 1 amide bonds. The zero-order chi connectivity index (χ0) is 19.9. The van der Waals surface area contributed by atoms with E-state index in [9.17, 15) is 4.79 Å². The summed E-state index contributed by atoms with van der Waals surface area (Å²) in [5.41, 5.74) is 1.66. The van der Waals surface area contributed by atoms with Crippen molar-refractivity contribution in [2.24, 2.45) is 0 Å². The monoisotopic (exact) mass is 379 g/mol. The third kappa shape index (κ3) is 4.56. The van der Waals surface area contributed by atoms with Gasteiger partial charge in [-0.2, -0.15) is 0 Å². The van der Waals surface area contributed by atoms with Crippen molar-refractivity contribution in [2.75, 3.05) is 21.3 Å². The number of likely N-dealkylation sites (N-methyl/N-ethyl adjacent to an activating group) is 1. The highest BCUT2D eigenvalue weighted by molar-refractivity contribution is 5.91. The van der Waals surface area contributed by atoms with Crippen LogP contribution in [0.5, 0.6) is 11.5 Å². The quantitative estimate of drug-likeness (QED) is 0.586. The number of hydrogen-bond donors (Lipinski definition) is 0. The van der Waals surface area contributed by atoms with Crippen LogP contribution in [0.15, 0.2) is 59.0 Å². The van der Waals surface area contributed by atoms with Crippen LogP contribution in [0.1, 0.15) is 11.5 Å². The number of methoxy groups -OCH3 is 2. The van der Waals surface area contributed by atoms with Gasteiger partial charge in [0.15, 0.2) is 11.5 Å². The molecule has 0 radical (unpaired) electrons. The smallest absolute Gasteiger partial charge is 0.247 e. The minimum atomic E-state index is -0.186. The van der Waals surface area contributed by atoms with E-state index < -0.39 is 0 Å². The molecule has 0 bridgehead atoms. The molecule has 1 heterocycles. The number of benzene rings is 2. The van der Waals surface area contributed by atoms with E-state index in [1.807, 2.05) is 36.4 Å². The maximum Gasteiger partial charge on any atom is 0.247 e. The fourth-order valence-electron chi connectivity index (χ4n) is 2.55. The Morgan fingerprint density at radius 3 is 2.54 bits per heavy atom. The van der Waals surface area contributed by atoms with Crippen molar-refractivity contribution in [1.29, 1.82) is 0 Å². The van der Waals surface area contributed by atoms with E-state index in [1.54, 1.807) is 39.5 Å². The molecule has 1 aromatic heterocycles. The summed E-state index contributed by atoms with van der Waals surface area (Å²) < 4.78 is 16.1. The fraction of sp³-hybridized carbons (Fsp3) is 0.190. The van der Waals surface area contributed by atoms with Crippen molar-refractivity contribution in [3.63, 3.8) is 0 Å². The molecule has 0 atom stereocenters. The molecule has 28 heavy (non-hydrogen) atoms. The summed E-state index contributed by atoms with van der Waals surface area (Å²) in [7, 11) is 4.82. The average Bonchev–Trinajstić information content (AvgIpc) is 3.20. The van der Waals surface area contributed by atoms with Crippen LogP contribution in [0.25, 0.3) is 17.5 Å². The number of aromatic nitrogens is 2. The van der Waals surface area contributed by atoms with Crippen LogP contribution in [0.3, 0.4) is 0 Å². The molecule has 2 aromatic carbocycles. The first kappa shape index (κ1) is 19.2. The topological polar surface area (TPSA) is 77.7 Å². The van der Waals surface area contributed by atoms with Crippen molar-refractivity contribution in [1.82, 2.24) is 15.1 Å². The number of nitrogens with zero attached hydrogens (tertiary/aromatic N) is 3. The predicted octanol–water partition coefficient (Wildman–Crippen LogP) is 3.43. The highest BCUT2D eigenvalue weighted by Crippen LogP contribution is 2.28. The average molecular weight is 379 g/mol. The summed E-state index contributed by atoms with van der Waals surface area (Å²) in [6.45, 7) is 0.217. The predicted molar refractivity (Wildman–Crippen MR) is 105 cm³/mol. The molecule has 7 heteroatoms. The van der Waals surface area contributed by atoms with Gasteiger partial charge in [-0.05, 0) is 35.9 Å². The summed E-state index contributed by atoms with van der Waals surface area (Å²) in [5, 5.41) is 8.04. The molecule has 0 aliphatic rings. The lowest BCUT2D eigenvalue weighted by Crippen LogP contribution is -2.24. The molecule has 3 rings (SSSR count). The zero-order valence-electron chi connectivity index (χ0n) is 16.0. The maximum absolute atomic E-state index is 12.4. The Morgan fingerprint density at radius 2 is 1.82 bits per heavy atom. The van der Waals surface area contributed by atoms with E-state index in [1.165, 1.54) is 11.0 Å². The molecule has 144 valence electrons. The normalized spacial score (nSPS) is 10.8. The van der Waals surface area contributed by atoms with Crippen molar-refractivity contribution in [2.45, 2.75) is 6.54 Å². The molecule has 0 saturated carbocycles. The van der Waals surface area contributed by atoms with Gasteiger partial charge in [0.25, 0.3) is 0 Å². The zero-order valence-corrected chi connectivity index (χ0v) is 16.0. The summed E-state index contributed by atoms with van der Waals surface area (Å²) in [6, 6.07) is 14.9. The third-order valence-electron chi connectivity index (χ3n) is 4.06. The van der Waals surface area contributed by atoms with E-state index in [-0.39, 0.29) is 12.5 Å². The summed E-state index contributed by atoms with van der Waals surface area (Å²) in [6.07, 6.45) is 3.19. The molecule has 0 fully saturated rings. The molecule has 0 N–H and O–H groups in total. The van der Waals surface area contributed by atoms with E-state index >= 15 is 0 Å². The minimum absolute atomic E-state index is 0.186. The van der Waals surface area contributed by atoms with Gasteiger partial charge in [0.05, 0.1) is 20.8 Å². The Hall–Kier alpha value is -3.61. The maximum atomic E-state index is 12.4. The summed E-state index contributed by atoms with van der Waals surface area (Å²) >= 11 is 0. The van der Waals surface area contributed by atoms with E-state index in [0.29, 0.717) is 23.3 Å². The molecule has 7 nitrogen and oxygen atoms in total. The Kier molecular flexibility index (Phi) is 6.06. The van der Waals surface area contributed by atoms with Gasteiger partial charge in [-0.1, -0.05) is 24.3 Å². The van der Waals surface area contributed by atoms with Crippen molar-refractivity contribution < 1.29 is 18.7 Å². The number of ether oxygens (including phenoxy) is 2. The van der Waals surface area contributed by atoms with Crippen LogP contribution >= 0.6 is 0 Å². The molecule has 0 unspecified atom stereocenters. The first-order valence-electron chi connectivity index (χ1n) is 8.63. The number of carbonyl (C=O) groups excluding carboxylic acids is 1. The molecular formula is C21H21N3O4. The molecule has 0 aliphatic heterocycles. The highest BCUT2D eigenvalue weighted by atomic mass is 16.5. The summed E-state index contributed by atoms with van der Waals surface area (Å²) in [5.74, 6) is 1.85. The van der Waals surface area contributed by atoms with Crippen LogP contribution in [0.2, 0.25) is 0 Å². The van der Waals surface area contributed by atoms with Gasteiger partial charge in [0, 0.05) is 18.7 Å². The standard InChI is InChI=1S/C21H21N3O4/c1-24(14-19-22-23-21(28-19)16-7-5-4-6-8-16)20(25)12-10-15-9-11-17(26-2)18(13-15)27-3/h4-13H,14H2,1-3H3/b12-10+. The fourth-order valence-corrected chi connectivity index (χ4v) is 2.55. The second kappa shape index (κ2) is 8.85. The van der Waals surface area contributed by atoms with Crippen LogP contribution in [0.4, 0.5) is 0 Å². The lowest BCUT2D eigenvalue weighted by atomic mass is 10.2. The van der Waals surface area contributed by atoms with Gasteiger partial charge < -0.3 is 18.8 Å². The molecule has 3 aromatic rings. The second-order valence-electron chi connectivity index (χ2n) is 6.01. The Labute approximate surface area is 163 Å². The Balaban J connectivity index is 1.63. The van der Waals surface area contributed by atoms with Gasteiger partial charge >= 0.3 is 0 Å². The molecule has 0 aliphatic carbocycles. The van der Waals surface area contributed by atoms with Gasteiger partial charge in [-0.15, -0.1) is 10.2 Å². The minimum Gasteiger partial charge on any atom is -0.493 e. The van der Waals surface area contributed by atoms with Crippen LogP contribution in [0, 0.1) is 0 Å². The van der Waals surface area contributed by atoms with Crippen molar-refractivity contribution in [3.05, 3.63) is 66.1 Å². The van der Waals surface area contributed by atoms with E-state index in [0.717, 1.165) is 11.1 Å². The Morgan fingerprint density at radius 1 is 1.07 bits per heavy atom. The second-order valence-corrected chi connectivity index (χ2v) is 6.01. The first-order valence-corrected chi connectivity index (χ1v) is 8.63. The van der Waals surface area contributed by atoms with Gasteiger partial charge in [-0.25, -0.2) is 0 Å². The van der Waals surface area contributed by atoms with Gasteiger partial charge in [0.1, 0.15) is 0 Å². The first-order chi connectivity index (χ1) is 13.6. The van der Waals surface area contributed by atoms with Crippen LogP contribution in [-0.2, 0) is 11.3 Å². The highest BCUT2D eigenvalue weighted by Gasteiger charge is 2.13. The van der Waals surface area contributed by atoms with Crippen molar-refractivity contribution in [3.8, 4) is 23.0 Å². The molecule has 0 saturated heterocycles. The molecular weight excluding hydrogens is 358 g/mol. The van der Waals surface area contributed by atoms with Crippen LogP contribution < -0.4 is 9.47 Å².